The maximum Gasteiger partial charge on any atom is 0.213 e. The molecule has 0 unspecified atom stereocenters. The zero-order valence-corrected chi connectivity index (χ0v) is 19.1. The molecule has 0 radical (unpaired) electrons. The summed E-state index contributed by atoms with van der Waals surface area (Å²) in [6.45, 7) is 7.55. The molecule has 0 aliphatic carbocycles. The van der Waals surface area contributed by atoms with Crippen LogP contribution in [0.15, 0.2) is 42.7 Å². The van der Waals surface area contributed by atoms with Crippen molar-refractivity contribution >= 4 is 38.4 Å². The zero-order chi connectivity index (χ0) is 22.1. The van der Waals surface area contributed by atoms with Crippen molar-refractivity contribution in [1.29, 1.82) is 0 Å². The van der Waals surface area contributed by atoms with Gasteiger partial charge in [-0.25, -0.2) is 18.1 Å². The molecule has 3 rings (SSSR count). The van der Waals surface area contributed by atoms with Crippen LogP contribution in [0.3, 0.4) is 0 Å². The predicted octanol–water partition coefficient (Wildman–Crippen LogP) is 4.52. The summed E-state index contributed by atoms with van der Waals surface area (Å²) in [5, 5.41) is 0.837. The average molecular weight is 448 g/mol. The van der Waals surface area contributed by atoms with Crippen molar-refractivity contribution in [3.63, 3.8) is 0 Å². The highest BCUT2D eigenvalue weighted by Crippen LogP contribution is 2.31. The molecular weight excluding hydrogens is 422 g/mol. The molecule has 0 amide bonds. The maximum absolute atomic E-state index is 12.8. The molecule has 2 heterocycles. The summed E-state index contributed by atoms with van der Waals surface area (Å²) in [5.74, 6) is -0.160. The van der Waals surface area contributed by atoms with Gasteiger partial charge in [0.1, 0.15) is 5.65 Å². The highest BCUT2D eigenvalue weighted by Gasteiger charge is 2.20. The van der Waals surface area contributed by atoms with Gasteiger partial charge in [0, 0.05) is 58.5 Å². The lowest BCUT2D eigenvalue weighted by atomic mass is 9.99. The van der Waals surface area contributed by atoms with E-state index in [1.54, 1.807) is 26.2 Å². The van der Waals surface area contributed by atoms with E-state index in [2.05, 4.69) is 9.71 Å². The molecule has 0 saturated carbocycles. The largest absolute Gasteiger partial charge is 0.330 e. The first kappa shape index (κ1) is 22.5. The fraction of sp³-hybridized carbons (Fsp3) is 0.364. The average Bonchev–Trinajstić information content (AvgIpc) is 3.05. The number of nitrogens with one attached hydrogen (secondary N) is 1. The second-order valence-electron chi connectivity index (χ2n) is 7.82. The topological polar surface area (TPSA) is 81.1 Å². The number of ketones is 1. The van der Waals surface area contributed by atoms with Gasteiger partial charge in [0.2, 0.25) is 10.0 Å². The van der Waals surface area contributed by atoms with Crippen LogP contribution in [0.4, 0.5) is 0 Å². The van der Waals surface area contributed by atoms with E-state index in [9.17, 15) is 13.2 Å². The number of fused-ring (bicyclic) bond motifs is 1. The number of halogens is 1. The third-order valence-corrected chi connectivity index (χ3v) is 7.14. The quantitative estimate of drug-likeness (QED) is 0.514. The molecule has 8 heteroatoms. The molecule has 0 saturated heterocycles. The Morgan fingerprint density at radius 1 is 1.20 bits per heavy atom. The van der Waals surface area contributed by atoms with Crippen molar-refractivity contribution < 1.29 is 13.2 Å². The van der Waals surface area contributed by atoms with Gasteiger partial charge in [-0.3, -0.25) is 4.79 Å². The van der Waals surface area contributed by atoms with Crippen LogP contribution in [-0.2, 0) is 16.6 Å². The minimum atomic E-state index is -3.36. The number of hydrogen-bond donors (Lipinski definition) is 1. The van der Waals surface area contributed by atoms with Crippen LogP contribution in [-0.4, -0.2) is 35.5 Å². The van der Waals surface area contributed by atoms with E-state index < -0.39 is 15.3 Å². The van der Waals surface area contributed by atoms with Gasteiger partial charge >= 0.3 is 0 Å². The molecule has 0 aliphatic heterocycles. The third kappa shape index (κ3) is 4.58. The number of sulfonamides is 1. The molecule has 0 fully saturated rings. The number of pyridine rings is 1. The monoisotopic (exact) mass is 447 g/mol. The van der Waals surface area contributed by atoms with Crippen LogP contribution < -0.4 is 4.72 Å². The summed E-state index contributed by atoms with van der Waals surface area (Å²) in [6, 6.07) is 9.41. The van der Waals surface area contributed by atoms with Crippen LogP contribution in [0.25, 0.3) is 22.2 Å². The van der Waals surface area contributed by atoms with Crippen molar-refractivity contribution in [2.45, 2.75) is 39.5 Å². The third-order valence-electron chi connectivity index (χ3n) is 4.97. The predicted molar refractivity (Wildman–Crippen MR) is 121 cm³/mol. The number of carbonyl (C=O) groups excluding carboxylic acids is 1. The van der Waals surface area contributed by atoms with Crippen LogP contribution in [0, 0.1) is 5.92 Å². The van der Waals surface area contributed by atoms with E-state index >= 15 is 0 Å². The van der Waals surface area contributed by atoms with Crippen molar-refractivity contribution in [3.05, 3.63) is 53.3 Å². The number of carbonyl (C=O) groups is 1. The molecule has 0 bridgehead atoms. The molecule has 0 atom stereocenters. The fourth-order valence-electron chi connectivity index (χ4n) is 3.17. The Morgan fingerprint density at radius 3 is 2.53 bits per heavy atom. The fourth-order valence-corrected chi connectivity index (χ4v) is 4.12. The summed E-state index contributed by atoms with van der Waals surface area (Å²) in [5.41, 5.74) is 2.88. The molecule has 2 aromatic heterocycles. The second-order valence-corrected chi connectivity index (χ2v) is 10.5. The minimum absolute atomic E-state index is 0.0135. The van der Waals surface area contributed by atoms with Gasteiger partial charge in [-0.2, -0.15) is 0 Å². The zero-order valence-electron chi connectivity index (χ0n) is 17.5. The molecule has 160 valence electrons. The molecule has 1 N–H and O–H groups in total. The first-order valence-electron chi connectivity index (χ1n) is 9.88. The van der Waals surface area contributed by atoms with Crippen LogP contribution in [0.5, 0.6) is 0 Å². The first-order chi connectivity index (χ1) is 14.1. The van der Waals surface area contributed by atoms with E-state index in [0.717, 1.165) is 16.5 Å². The lowest BCUT2D eigenvalue weighted by Gasteiger charge is -2.10. The first-order valence-corrected chi connectivity index (χ1v) is 11.8. The Labute approximate surface area is 182 Å². The van der Waals surface area contributed by atoms with Gasteiger partial charge in [0.25, 0.3) is 0 Å². The summed E-state index contributed by atoms with van der Waals surface area (Å²) < 4.78 is 28.5. The van der Waals surface area contributed by atoms with E-state index in [-0.39, 0.29) is 18.2 Å². The number of aromatic nitrogens is 2. The number of nitrogens with zero attached hydrogens (tertiary/aromatic N) is 2. The SMILES string of the molecule is CC(C)C(=O)c1cn(CCNS(=O)(=O)C(C)C)c2ncc(-c3ccccc3Cl)cc12. The number of hydrogen-bond acceptors (Lipinski definition) is 4. The van der Waals surface area contributed by atoms with E-state index in [4.69, 9.17) is 11.6 Å². The molecular formula is C22H26ClN3O3S. The summed E-state index contributed by atoms with van der Waals surface area (Å²) in [6.07, 6.45) is 3.49. The van der Waals surface area contributed by atoms with Crippen molar-refractivity contribution in [1.82, 2.24) is 14.3 Å². The Kier molecular flexibility index (Phi) is 6.65. The molecule has 30 heavy (non-hydrogen) atoms. The second kappa shape index (κ2) is 8.88. The number of rotatable bonds is 8. The summed E-state index contributed by atoms with van der Waals surface area (Å²) >= 11 is 6.34. The van der Waals surface area contributed by atoms with Gasteiger partial charge < -0.3 is 4.57 Å². The smallest absolute Gasteiger partial charge is 0.213 e. The van der Waals surface area contributed by atoms with Gasteiger partial charge in [-0.1, -0.05) is 43.6 Å². The Hall–Kier alpha value is -2.22. The van der Waals surface area contributed by atoms with Gasteiger partial charge in [-0.05, 0) is 26.0 Å². The lowest BCUT2D eigenvalue weighted by molar-refractivity contribution is 0.0941. The Bertz CT molecular complexity index is 1180. The van der Waals surface area contributed by atoms with E-state index in [1.807, 2.05) is 48.7 Å². The standard InChI is InChI=1S/C22H26ClN3O3S/c1-14(2)21(27)19-13-26(10-9-25-30(28,29)15(3)4)22-18(19)11-16(12-24-22)17-7-5-6-8-20(17)23/h5-8,11-15,25H,9-10H2,1-4H3. The molecule has 1 aromatic carbocycles. The van der Waals surface area contributed by atoms with Gasteiger partial charge in [-0.15, -0.1) is 0 Å². The van der Waals surface area contributed by atoms with Crippen molar-refractivity contribution in [3.8, 4) is 11.1 Å². The highest BCUT2D eigenvalue weighted by molar-refractivity contribution is 7.90. The van der Waals surface area contributed by atoms with Crippen LogP contribution >= 0.6 is 11.6 Å². The molecule has 3 aromatic rings. The minimum Gasteiger partial charge on any atom is -0.330 e. The highest BCUT2D eigenvalue weighted by atomic mass is 35.5. The summed E-state index contributed by atoms with van der Waals surface area (Å²) in [4.78, 5) is 17.4. The van der Waals surface area contributed by atoms with E-state index in [0.29, 0.717) is 22.8 Å². The maximum atomic E-state index is 12.8. The Balaban J connectivity index is 2.02. The van der Waals surface area contributed by atoms with Gasteiger partial charge in [0.15, 0.2) is 5.78 Å². The summed E-state index contributed by atoms with van der Waals surface area (Å²) in [7, 11) is -3.36. The van der Waals surface area contributed by atoms with Crippen molar-refractivity contribution in [2.75, 3.05) is 6.54 Å². The molecule has 0 aliphatic rings. The van der Waals surface area contributed by atoms with Crippen LogP contribution in [0.2, 0.25) is 5.02 Å². The Morgan fingerprint density at radius 2 is 1.90 bits per heavy atom. The van der Waals surface area contributed by atoms with Crippen LogP contribution in [0.1, 0.15) is 38.1 Å². The normalized spacial score (nSPS) is 12.2. The van der Waals surface area contributed by atoms with Crippen molar-refractivity contribution in [2.24, 2.45) is 5.92 Å². The lowest BCUT2D eigenvalue weighted by Crippen LogP contribution is -2.33. The number of Topliss-reactive ketones (excluding diaryl/α,β-unsaturated/α-hetero) is 1. The molecule has 6 nitrogen and oxygen atoms in total. The van der Waals surface area contributed by atoms with Gasteiger partial charge in [0.05, 0.1) is 5.25 Å². The van der Waals surface area contributed by atoms with E-state index in [1.165, 1.54) is 0 Å². The number of benzene rings is 1. The molecule has 0 spiro atoms.